The van der Waals surface area contributed by atoms with Gasteiger partial charge in [0.25, 0.3) is 0 Å². The van der Waals surface area contributed by atoms with E-state index in [-0.39, 0.29) is 6.54 Å². The first-order chi connectivity index (χ1) is 7.52. The summed E-state index contributed by atoms with van der Waals surface area (Å²) in [4.78, 5) is 12.9. The van der Waals surface area contributed by atoms with Gasteiger partial charge in [0.15, 0.2) is 0 Å². The maximum Gasteiger partial charge on any atom is 0.317 e. The van der Waals surface area contributed by atoms with E-state index in [4.69, 9.17) is 5.11 Å². The van der Waals surface area contributed by atoms with E-state index < -0.39 is 5.97 Å². The van der Waals surface area contributed by atoms with Gasteiger partial charge in [0.05, 0.1) is 6.54 Å². The van der Waals surface area contributed by atoms with E-state index in [1.807, 2.05) is 0 Å². The minimum Gasteiger partial charge on any atom is -0.480 e. The Balaban J connectivity index is 4.20. The van der Waals surface area contributed by atoms with Crippen molar-refractivity contribution in [3.8, 4) is 0 Å². The molecule has 0 aromatic heterocycles. The molecular formula is C13H27NO2. The molecule has 3 heteroatoms. The Morgan fingerprint density at radius 1 is 1.19 bits per heavy atom. The molecule has 0 spiro atoms. The van der Waals surface area contributed by atoms with Gasteiger partial charge < -0.3 is 5.11 Å². The fourth-order valence-electron chi connectivity index (χ4n) is 1.99. The lowest BCUT2D eigenvalue weighted by molar-refractivity contribution is -0.139. The van der Waals surface area contributed by atoms with Crippen molar-refractivity contribution >= 4 is 5.97 Å². The number of carboxylic acid groups (broad SMARTS) is 1. The lowest BCUT2D eigenvalue weighted by atomic mass is 10.1. The van der Waals surface area contributed by atoms with E-state index in [0.717, 1.165) is 12.8 Å². The SMILES string of the molecule is CCCCCC(C)N(CC(=O)O)C(C)CC. The molecule has 0 rings (SSSR count). The summed E-state index contributed by atoms with van der Waals surface area (Å²) in [5.41, 5.74) is 0. The second-order valence-electron chi connectivity index (χ2n) is 4.67. The van der Waals surface area contributed by atoms with Gasteiger partial charge in [-0.25, -0.2) is 0 Å². The third-order valence-corrected chi connectivity index (χ3v) is 3.27. The van der Waals surface area contributed by atoms with E-state index in [9.17, 15) is 4.79 Å². The first-order valence-corrected chi connectivity index (χ1v) is 6.50. The second kappa shape index (κ2) is 8.57. The highest BCUT2D eigenvalue weighted by Gasteiger charge is 2.20. The molecule has 0 aliphatic heterocycles. The Labute approximate surface area is 99.8 Å². The smallest absolute Gasteiger partial charge is 0.317 e. The highest BCUT2D eigenvalue weighted by atomic mass is 16.4. The molecule has 3 nitrogen and oxygen atoms in total. The number of nitrogens with zero attached hydrogens (tertiary/aromatic N) is 1. The monoisotopic (exact) mass is 229 g/mol. The molecule has 0 amide bonds. The van der Waals surface area contributed by atoms with Gasteiger partial charge in [-0.2, -0.15) is 0 Å². The van der Waals surface area contributed by atoms with Crippen molar-refractivity contribution in [3.05, 3.63) is 0 Å². The third kappa shape index (κ3) is 6.11. The van der Waals surface area contributed by atoms with Crippen molar-refractivity contribution in [3.63, 3.8) is 0 Å². The van der Waals surface area contributed by atoms with Crippen LogP contribution >= 0.6 is 0 Å². The van der Waals surface area contributed by atoms with Gasteiger partial charge in [-0.15, -0.1) is 0 Å². The molecule has 0 heterocycles. The summed E-state index contributed by atoms with van der Waals surface area (Å²) in [7, 11) is 0. The molecule has 0 aromatic rings. The molecule has 0 aliphatic carbocycles. The first kappa shape index (κ1) is 15.4. The molecule has 96 valence electrons. The summed E-state index contributed by atoms with van der Waals surface area (Å²) in [5.74, 6) is -0.720. The van der Waals surface area contributed by atoms with Gasteiger partial charge in [-0.1, -0.05) is 33.1 Å². The number of carbonyl (C=O) groups is 1. The molecule has 1 N–H and O–H groups in total. The van der Waals surface area contributed by atoms with Crippen molar-refractivity contribution in [2.45, 2.75) is 71.9 Å². The highest BCUT2D eigenvalue weighted by Crippen LogP contribution is 2.14. The van der Waals surface area contributed by atoms with Crippen LogP contribution in [-0.2, 0) is 4.79 Å². The molecule has 0 radical (unpaired) electrons. The zero-order valence-electron chi connectivity index (χ0n) is 11.2. The number of hydrogen-bond acceptors (Lipinski definition) is 2. The van der Waals surface area contributed by atoms with Crippen molar-refractivity contribution in [1.29, 1.82) is 0 Å². The van der Waals surface area contributed by atoms with Crippen LogP contribution in [0.4, 0.5) is 0 Å². The van der Waals surface area contributed by atoms with Crippen molar-refractivity contribution in [2.75, 3.05) is 6.54 Å². The maximum absolute atomic E-state index is 10.8. The van der Waals surface area contributed by atoms with Gasteiger partial charge in [-0.05, 0) is 26.7 Å². The van der Waals surface area contributed by atoms with Crippen LogP contribution in [0.1, 0.15) is 59.8 Å². The number of unbranched alkanes of at least 4 members (excludes halogenated alkanes) is 2. The molecule has 0 saturated heterocycles. The summed E-state index contributed by atoms with van der Waals surface area (Å²) in [6.07, 6.45) is 5.77. The normalized spacial score (nSPS) is 15.1. The van der Waals surface area contributed by atoms with Crippen LogP contribution in [-0.4, -0.2) is 34.6 Å². The average Bonchev–Trinajstić information content (AvgIpc) is 2.24. The molecule has 0 bridgehead atoms. The summed E-state index contributed by atoms with van der Waals surface area (Å²) < 4.78 is 0. The van der Waals surface area contributed by atoms with Crippen LogP contribution in [0.25, 0.3) is 0 Å². The molecule has 16 heavy (non-hydrogen) atoms. The Bertz CT molecular complexity index is 194. The van der Waals surface area contributed by atoms with Crippen LogP contribution in [0.15, 0.2) is 0 Å². The Morgan fingerprint density at radius 2 is 1.81 bits per heavy atom. The Kier molecular flexibility index (Phi) is 8.26. The molecule has 2 atom stereocenters. The summed E-state index contributed by atoms with van der Waals surface area (Å²) in [6, 6.07) is 0.727. The third-order valence-electron chi connectivity index (χ3n) is 3.27. The minimum atomic E-state index is -0.720. The molecule has 0 aliphatic rings. The van der Waals surface area contributed by atoms with Crippen LogP contribution in [0.2, 0.25) is 0 Å². The van der Waals surface area contributed by atoms with Gasteiger partial charge in [0, 0.05) is 12.1 Å². The zero-order valence-corrected chi connectivity index (χ0v) is 11.2. The number of rotatable bonds is 9. The van der Waals surface area contributed by atoms with E-state index in [0.29, 0.717) is 12.1 Å². The minimum absolute atomic E-state index is 0.169. The Hall–Kier alpha value is -0.570. The largest absolute Gasteiger partial charge is 0.480 e. The Morgan fingerprint density at radius 3 is 2.25 bits per heavy atom. The van der Waals surface area contributed by atoms with Gasteiger partial charge in [0.1, 0.15) is 0 Å². The van der Waals surface area contributed by atoms with Crippen LogP contribution in [0, 0.1) is 0 Å². The van der Waals surface area contributed by atoms with Crippen molar-refractivity contribution < 1.29 is 9.90 Å². The van der Waals surface area contributed by atoms with Crippen LogP contribution < -0.4 is 0 Å². The van der Waals surface area contributed by atoms with E-state index in [1.165, 1.54) is 19.3 Å². The van der Waals surface area contributed by atoms with Crippen LogP contribution in [0.3, 0.4) is 0 Å². The van der Waals surface area contributed by atoms with Crippen LogP contribution in [0.5, 0.6) is 0 Å². The first-order valence-electron chi connectivity index (χ1n) is 6.50. The van der Waals surface area contributed by atoms with Gasteiger partial charge in [0.2, 0.25) is 0 Å². The maximum atomic E-state index is 10.8. The van der Waals surface area contributed by atoms with Gasteiger partial charge >= 0.3 is 5.97 Å². The van der Waals surface area contributed by atoms with Crippen molar-refractivity contribution in [1.82, 2.24) is 4.90 Å². The average molecular weight is 229 g/mol. The summed E-state index contributed by atoms with van der Waals surface area (Å²) >= 11 is 0. The van der Waals surface area contributed by atoms with E-state index in [1.54, 1.807) is 0 Å². The fourth-order valence-corrected chi connectivity index (χ4v) is 1.99. The number of hydrogen-bond donors (Lipinski definition) is 1. The van der Waals surface area contributed by atoms with E-state index >= 15 is 0 Å². The molecule has 0 aromatic carbocycles. The molecule has 0 fully saturated rings. The summed E-state index contributed by atoms with van der Waals surface area (Å²) in [5, 5.41) is 8.91. The standard InChI is InChI=1S/C13H27NO2/c1-5-7-8-9-12(4)14(10-13(15)16)11(3)6-2/h11-12H,5-10H2,1-4H3,(H,15,16). The topological polar surface area (TPSA) is 40.5 Å². The molecule has 2 unspecified atom stereocenters. The summed E-state index contributed by atoms with van der Waals surface area (Å²) in [6.45, 7) is 8.72. The van der Waals surface area contributed by atoms with Crippen molar-refractivity contribution in [2.24, 2.45) is 0 Å². The molecular weight excluding hydrogens is 202 g/mol. The predicted octanol–water partition coefficient (Wildman–Crippen LogP) is 3.14. The van der Waals surface area contributed by atoms with Gasteiger partial charge in [-0.3, -0.25) is 9.69 Å². The fraction of sp³-hybridized carbons (Fsp3) is 0.923. The highest BCUT2D eigenvalue weighted by molar-refractivity contribution is 5.69. The van der Waals surface area contributed by atoms with E-state index in [2.05, 4.69) is 32.6 Å². The second-order valence-corrected chi connectivity index (χ2v) is 4.67. The number of aliphatic carboxylic acids is 1. The number of carboxylic acids is 1. The zero-order chi connectivity index (χ0) is 12.6. The quantitative estimate of drug-likeness (QED) is 0.617. The lowest BCUT2D eigenvalue weighted by Gasteiger charge is -2.32. The predicted molar refractivity (Wildman–Crippen MR) is 67.7 cm³/mol. The lowest BCUT2D eigenvalue weighted by Crippen LogP contribution is -2.43. The molecule has 0 saturated carbocycles.